The van der Waals surface area contributed by atoms with Crippen LogP contribution in [0.4, 0.5) is 0 Å². The summed E-state index contributed by atoms with van der Waals surface area (Å²) in [5.74, 6) is -2.27. The second-order valence-electron chi connectivity index (χ2n) is 10.5. The van der Waals surface area contributed by atoms with Crippen molar-refractivity contribution >= 4 is 11.9 Å². The average Bonchev–Trinajstić information content (AvgIpc) is 2.79. The fourth-order valence-corrected chi connectivity index (χ4v) is 3.77. The fourth-order valence-electron chi connectivity index (χ4n) is 3.77. The summed E-state index contributed by atoms with van der Waals surface area (Å²) in [7, 11) is 0. The highest BCUT2D eigenvalue weighted by Gasteiger charge is 2.21. The molecule has 0 radical (unpaired) electrons. The quantitative estimate of drug-likeness (QED) is 0.0473. The third-order valence-corrected chi connectivity index (χ3v) is 5.79. The summed E-state index contributed by atoms with van der Waals surface area (Å²) in [5, 5.41) is 4.28. The number of esters is 1. The molecule has 0 heterocycles. The monoisotopic (exact) mass is 486 g/mol. The Balaban J connectivity index is 3.24. The zero-order valence-electron chi connectivity index (χ0n) is 22.8. The number of carbonyl (C=O) groups is 2. The minimum absolute atomic E-state index is 0.215. The molecule has 0 amide bonds. The summed E-state index contributed by atoms with van der Waals surface area (Å²) < 4.78 is 4.87. The van der Waals surface area contributed by atoms with E-state index in [0.29, 0.717) is 0 Å². The SMILES string of the molecule is CCCCCCCCCCCCCCCCCCCCCCOC(=O)C(=O)OOOC(C)(C)C. The van der Waals surface area contributed by atoms with Crippen LogP contribution in [0.25, 0.3) is 0 Å². The maximum absolute atomic E-state index is 11.5. The van der Waals surface area contributed by atoms with Gasteiger partial charge in [-0.3, -0.25) is 4.89 Å². The van der Waals surface area contributed by atoms with Crippen molar-refractivity contribution in [2.24, 2.45) is 0 Å². The second kappa shape index (κ2) is 23.6. The molecule has 0 aliphatic heterocycles. The van der Waals surface area contributed by atoms with Gasteiger partial charge in [0.25, 0.3) is 0 Å². The lowest BCUT2D eigenvalue weighted by Gasteiger charge is -2.14. The number of hydrogen-bond acceptors (Lipinski definition) is 6. The number of hydrogen-bond donors (Lipinski definition) is 0. The van der Waals surface area contributed by atoms with Crippen LogP contribution in [0.5, 0.6) is 0 Å². The van der Waals surface area contributed by atoms with Gasteiger partial charge < -0.3 is 4.74 Å². The van der Waals surface area contributed by atoms with Gasteiger partial charge >= 0.3 is 11.9 Å². The first-order valence-electron chi connectivity index (χ1n) is 14.1. The zero-order chi connectivity index (χ0) is 25.3. The molecule has 0 aromatic rings. The minimum atomic E-state index is -1.21. The van der Waals surface area contributed by atoms with Gasteiger partial charge in [-0.15, -0.1) is 0 Å². The Hall–Kier alpha value is -1.14. The molecule has 0 saturated heterocycles. The summed E-state index contributed by atoms with van der Waals surface area (Å²) in [6, 6.07) is 0. The van der Waals surface area contributed by atoms with E-state index >= 15 is 0 Å². The van der Waals surface area contributed by atoms with Crippen LogP contribution < -0.4 is 0 Å². The predicted molar refractivity (Wildman–Crippen MR) is 137 cm³/mol. The van der Waals surface area contributed by atoms with Gasteiger partial charge in [-0.1, -0.05) is 129 Å². The normalized spacial score (nSPS) is 11.5. The van der Waals surface area contributed by atoms with Crippen LogP contribution in [0.15, 0.2) is 0 Å². The standard InChI is InChI=1S/C28H54O6/c1-5-6-7-8-9-10-11-12-13-14-15-16-17-18-19-20-21-22-23-24-25-31-26(29)27(30)32-34-33-28(2,3)4/h5-25H2,1-4H3. The van der Waals surface area contributed by atoms with Gasteiger partial charge in [-0.05, 0) is 32.2 Å². The van der Waals surface area contributed by atoms with Crippen LogP contribution in [0.2, 0.25) is 0 Å². The van der Waals surface area contributed by atoms with Gasteiger partial charge in [0.15, 0.2) is 0 Å². The van der Waals surface area contributed by atoms with Gasteiger partial charge in [0.05, 0.1) is 12.2 Å². The molecular formula is C28H54O6. The van der Waals surface area contributed by atoms with Crippen molar-refractivity contribution in [1.82, 2.24) is 0 Å². The van der Waals surface area contributed by atoms with Gasteiger partial charge in [-0.2, -0.15) is 4.89 Å². The molecule has 6 nitrogen and oxygen atoms in total. The Morgan fingerprint density at radius 3 is 1.24 bits per heavy atom. The third kappa shape index (κ3) is 25.5. The van der Waals surface area contributed by atoms with Crippen LogP contribution in [0.3, 0.4) is 0 Å². The first-order chi connectivity index (χ1) is 16.4. The summed E-state index contributed by atoms with van der Waals surface area (Å²) in [4.78, 5) is 31.8. The number of rotatable bonds is 23. The van der Waals surface area contributed by atoms with E-state index in [1.165, 1.54) is 109 Å². The van der Waals surface area contributed by atoms with Crippen LogP contribution in [0.1, 0.15) is 156 Å². The number of unbranched alkanes of at least 4 members (excludes halogenated alkanes) is 19. The molecule has 6 heteroatoms. The average molecular weight is 487 g/mol. The molecule has 0 fully saturated rings. The molecule has 0 atom stereocenters. The highest BCUT2D eigenvalue weighted by Crippen LogP contribution is 2.15. The summed E-state index contributed by atoms with van der Waals surface area (Å²) in [6.45, 7) is 7.66. The van der Waals surface area contributed by atoms with Crippen molar-refractivity contribution < 1.29 is 29.1 Å². The largest absolute Gasteiger partial charge is 0.457 e. The molecule has 202 valence electrons. The summed E-state index contributed by atoms with van der Waals surface area (Å²) in [6.07, 6.45) is 26.4. The van der Waals surface area contributed by atoms with Crippen molar-refractivity contribution in [3.63, 3.8) is 0 Å². The molecule has 0 rings (SSSR count). The molecule has 0 unspecified atom stereocenters. The fraction of sp³-hybridized carbons (Fsp3) is 0.929. The van der Waals surface area contributed by atoms with E-state index in [4.69, 9.17) is 9.62 Å². The van der Waals surface area contributed by atoms with Gasteiger partial charge in [0.1, 0.15) is 0 Å². The topological polar surface area (TPSA) is 71.1 Å². The summed E-state index contributed by atoms with van der Waals surface area (Å²) >= 11 is 0. The Labute approximate surface area is 209 Å². The Morgan fingerprint density at radius 1 is 0.529 bits per heavy atom. The molecular weight excluding hydrogens is 432 g/mol. The Bertz CT molecular complexity index is 472. The van der Waals surface area contributed by atoms with E-state index in [2.05, 4.69) is 16.8 Å². The maximum Gasteiger partial charge on any atom is 0.453 e. The highest BCUT2D eigenvalue weighted by atomic mass is 17.5. The van der Waals surface area contributed by atoms with Gasteiger partial charge in [0.2, 0.25) is 0 Å². The van der Waals surface area contributed by atoms with E-state index in [1.54, 1.807) is 20.8 Å². The van der Waals surface area contributed by atoms with E-state index in [0.717, 1.165) is 19.3 Å². The maximum atomic E-state index is 11.5. The smallest absolute Gasteiger partial charge is 0.453 e. The molecule has 0 bridgehead atoms. The molecule has 0 aliphatic carbocycles. The lowest BCUT2D eigenvalue weighted by Crippen LogP contribution is -2.25. The van der Waals surface area contributed by atoms with E-state index in [1.807, 2.05) is 0 Å². The van der Waals surface area contributed by atoms with E-state index in [9.17, 15) is 9.59 Å². The molecule has 0 aromatic heterocycles. The van der Waals surface area contributed by atoms with Crippen molar-refractivity contribution in [2.75, 3.05) is 6.61 Å². The number of carbonyl (C=O) groups excluding carboxylic acids is 2. The van der Waals surface area contributed by atoms with Crippen LogP contribution in [-0.4, -0.2) is 24.1 Å². The van der Waals surface area contributed by atoms with E-state index in [-0.39, 0.29) is 6.61 Å². The third-order valence-electron chi connectivity index (χ3n) is 5.79. The van der Waals surface area contributed by atoms with Crippen LogP contribution in [0, 0.1) is 0 Å². The first-order valence-corrected chi connectivity index (χ1v) is 14.1. The molecule has 0 N–H and O–H groups in total. The van der Waals surface area contributed by atoms with Crippen LogP contribution in [-0.2, 0) is 29.1 Å². The number of ether oxygens (including phenoxy) is 1. The summed E-state index contributed by atoms with van der Waals surface area (Å²) in [5.41, 5.74) is -0.642. The van der Waals surface area contributed by atoms with Crippen molar-refractivity contribution in [2.45, 2.75) is 162 Å². The van der Waals surface area contributed by atoms with Crippen molar-refractivity contribution in [3.05, 3.63) is 0 Å². The molecule has 34 heavy (non-hydrogen) atoms. The highest BCUT2D eigenvalue weighted by molar-refractivity contribution is 6.29. The molecule has 0 aliphatic rings. The molecule has 0 saturated carbocycles. The lowest BCUT2D eigenvalue weighted by atomic mass is 10.0. The van der Waals surface area contributed by atoms with Gasteiger partial charge in [-0.25, -0.2) is 9.59 Å². The molecule has 0 aromatic carbocycles. The second-order valence-corrected chi connectivity index (χ2v) is 10.5. The van der Waals surface area contributed by atoms with Crippen molar-refractivity contribution in [3.8, 4) is 0 Å². The molecule has 0 spiro atoms. The van der Waals surface area contributed by atoms with Gasteiger partial charge in [0, 0.05) is 0 Å². The zero-order valence-corrected chi connectivity index (χ0v) is 22.8. The van der Waals surface area contributed by atoms with E-state index < -0.39 is 17.5 Å². The lowest BCUT2D eigenvalue weighted by molar-refractivity contribution is -0.513. The first kappa shape index (κ1) is 32.9. The van der Waals surface area contributed by atoms with Crippen molar-refractivity contribution in [1.29, 1.82) is 0 Å². The Morgan fingerprint density at radius 2 is 0.882 bits per heavy atom. The Kier molecular flexibility index (Phi) is 22.8. The minimum Gasteiger partial charge on any atom is -0.457 e. The van der Waals surface area contributed by atoms with Crippen LogP contribution >= 0.6 is 0 Å². The predicted octanol–water partition coefficient (Wildman–Crippen LogP) is 8.56.